The number of methoxy groups -OCH3 is 1. The van der Waals surface area contributed by atoms with E-state index in [4.69, 9.17) is 9.47 Å². The Bertz CT molecular complexity index is 853. The summed E-state index contributed by atoms with van der Waals surface area (Å²) in [5, 5.41) is 3.80. The first-order valence-corrected chi connectivity index (χ1v) is 11.3. The summed E-state index contributed by atoms with van der Waals surface area (Å²) in [6.45, 7) is 4.36. The number of esters is 2. The Balaban J connectivity index is 2.63. The lowest BCUT2D eigenvalue weighted by Crippen LogP contribution is -2.69. The van der Waals surface area contributed by atoms with E-state index in [-0.39, 0.29) is 29.5 Å². The molecule has 180 valence electrons. The lowest BCUT2D eigenvalue weighted by molar-refractivity contribution is -0.208. The van der Waals surface area contributed by atoms with Crippen LogP contribution in [-0.2, 0) is 31.9 Å². The molecule has 0 saturated heterocycles. The van der Waals surface area contributed by atoms with Gasteiger partial charge in [-0.15, -0.1) is 11.3 Å². The Morgan fingerprint density at radius 2 is 1.78 bits per heavy atom. The number of fused-ring (bicyclic) bond motifs is 1. The number of ether oxygens (including phenoxy) is 2. The fourth-order valence-electron chi connectivity index (χ4n) is 3.58. The quantitative estimate of drug-likeness (QED) is 0.331. The highest BCUT2D eigenvalue weighted by molar-refractivity contribution is 7.16. The first-order chi connectivity index (χ1) is 15.0. The molecule has 1 amide bonds. The smallest absolute Gasteiger partial charge is 0.441 e. The van der Waals surface area contributed by atoms with Crippen molar-refractivity contribution in [2.45, 2.75) is 71.1 Å². The van der Waals surface area contributed by atoms with Gasteiger partial charge in [0.1, 0.15) is 5.00 Å². The Hall–Kier alpha value is -2.30. The standard InChI is InChI=1S/C21H29F3N2O5S/c1-5-31-19(29)20(21(22,23)24,25-15(27)11-12(2)3)26-17-16(18(28)30-4)13-9-7-6-8-10-14(13)32-17/h12,26H,5-11H2,1-4H3,(H,25,27)/t20-/m1/s1. The van der Waals surface area contributed by atoms with Crippen molar-refractivity contribution in [3.05, 3.63) is 16.0 Å². The molecule has 0 fully saturated rings. The summed E-state index contributed by atoms with van der Waals surface area (Å²) < 4.78 is 52.8. The molecule has 0 aromatic carbocycles. The van der Waals surface area contributed by atoms with Gasteiger partial charge in [-0.05, 0) is 44.1 Å². The summed E-state index contributed by atoms with van der Waals surface area (Å²) in [5.41, 5.74) is -2.97. The molecule has 2 rings (SSSR count). The molecule has 1 heterocycles. The zero-order valence-electron chi connectivity index (χ0n) is 18.6. The average molecular weight is 479 g/mol. The van der Waals surface area contributed by atoms with Gasteiger partial charge in [-0.25, -0.2) is 9.59 Å². The number of alkyl halides is 3. The van der Waals surface area contributed by atoms with E-state index in [1.165, 1.54) is 6.92 Å². The van der Waals surface area contributed by atoms with Gasteiger partial charge in [0.05, 0.1) is 19.3 Å². The number of hydrogen-bond donors (Lipinski definition) is 2. The molecule has 32 heavy (non-hydrogen) atoms. The predicted molar refractivity (Wildman–Crippen MR) is 114 cm³/mol. The van der Waals surface area contributed by atoms with E-state index in [1.54, 1.807) is 13.8 Å². The molecule has 11 heteroatoms. The van der Waals surface area contributed by atoms with E-state index in [0.29, 0.717) is 18.4 Å². The highest BCUT2D eigenvalue weighted by Gasteiger charge is 2.64. The van der Waals surface area contributed by atoms with Gasteiger partial charge in [0, 0.05) is 11.3 Å². The average Bonchev–Trinajstić information content (AvgIpc) is 2.85. The molecule has 2 N–H and O–H groups in total. The minimum absolute atomic E-state index is 0.0366. The number of halogens is 3. The summed E-state index contributed by atoms with van der Waals surface area (Å²) in [5.74, 6) is -3.73. The van der Waals surface area contributed by atoms with Gasteiger partial charge >= 0.3 is 23.8 Å². The van der Waals surface area contributed by atoms with Gasteiger partial charge in [0.15, 0.2) is 0 Å². The highest BCUT2D eigenvalue weighted by Crippen LogP contribution is 2.42. The summed E-state index contributed by atoms with van der Waals surface area (Å²) in [6, 6.07) is 0. The Labute approximate surface area is 189 Å². The third kappa shape index (κ3) is 5.54. The summed E-state index contributed by atoms with van der Waals surface area (Å²) >= 11 is 0.967. The lowest BCUT2D eigenvalue weighted by Gasteiger charge is -2.35. The van der Waals surface area contributed by atoms with Crippen LogP contribution in [-0.4, -0.2) is 43.4 Å². The maximum absolute atomic E-state index is 14.4. The van der Waals surface area contributed by atoms with Gasteiger partial charge in [-0.1, -0.05) is 20.3 Å². The summed E-state index contributed by atoms with van der Waals surface area (Å²) in [7, 11) is 1.14. The van der Waals surface area contributed by atoms with E-state index in [9.17, 15) is 27.6 Å². The molecule has 0 radical (unpaired) electrons. The molecule has 1 aliphatic carbocycles. The van der Waals surface area contributed by atoms with Gasteiger partial charge in [0.25, 0.3) is 0 Å². The first-order valence-electron chi connectivity index (χ1n) is 10.5. The summed E-state index contributed by atoms with van der Waals surface area (Å²) in [4.78, 5) is 38.3. The molecule has 7 nitrogen and oxygen atoms in total. The van der Waals surface area contributed by atoms with E-state index in [1.807, 2.05) is 5.32 Å². The van der Waals surface area contributed by atoms with Crippen LogP contribution in [0.3, 0.4) is 0 Å². The predicted octanol–water partition coefficient (Wildman–Crippen LogP) is 4.20. The number of carbonyl (C=O) groups excluding carboxylic acids is 3. The van der Waals surface area contributed by atoms with Crippen molar-refractivity contribution in [2.24, 2.45) is 5.92 Å². The zero-order valence-corrected chi connectivity index (χ0v) is 19.4. The third-order valence-electron chi connectivity index (χ3n) is 5.04. The molecule has 1 aliphatic rings. The zero-order chi connectivity index (χ0) is 24.1. The number of anilines is 1. The third-order valence-corrected chi connectivity index (χ3v) is 6.25. The van der Waals surface area contributed by atoms with Gasteiger partial charge < -0.3 is 20.1 Å². The van der Waals surface area contributed by atoms with Crippen molar-refractivity contribution in [1.29, 1.82) is 0 Å². The number of hydrogen-bond acceptors (Lipinski definition) is 7. The fourth-order valence-corrected chi connectivity index (χ4v) is 4.91. The fraction of sp³-hybridized carbons (Fsp3) is 0.667. The maximum Gasteiger partial charge on any atom is 0.441 e. The van der Waals surface area contributed by atoms with Gasteiger partial charge in [0.2, 0.25) is 5.91 Å². The molecular formula is C21H29F3N2O5S. The van der Waals surface area contributed by atoms with Crippen LogP contribution in [0.5, 0.6) is 0 Å². The summed E-state index contributed by atoms with van der Waals surface area (Å²) in [6.07, 6.45) is -1.84. The van der Waals surface area contributed by atoms with E-state index in [0.717, 1.165) is 42.6 Å². The monoisotopic (exact) mass is 478 g/mol. The van der Waals surface area contributed by atoms with Crippen molar-refractivity contribution in [2.75, 3.05) is 19.0 Å². The van der Waals surface area contributed by atoms with Crippen LogP contribution in [0.25, 0.3) is 0 Å². The van der Waals surface area contributed by atoms with Crippen LogP contribution in [0.4, 0.5) is 18.2 Å². The van der Waals surface area contributed by atoms with Crippen molar-refractivity contribution in [1.82, 2.24) is 5.32 Å². The number of nitrogens with one attached hydrogen (secondary N) is 2. The van der Waals surface area contributed by atoms with E-state index < -0.39 is 29.7 Å². The van der Waals surface area contributed by atoms with Crippen LogP contribution in [0, 0.1) is 5.92 Å². The highest BCUT2D eigenvalue weighted by atomic mass is 32.1. The van der Waals surface area contributed by atoms with Crippen molar-refractivity contribution in [3.63, 3.8) is 0 Å². The number of thiophene rings is 1. The molecule has 0 spiro atoms. The van der Waals surface area contributed by atoms with E-state index >= 15 is 0 Å². The van der Waals surface area contributed by atoms with Crippen molar-refractivity contribution < 1.29 is 37.0 Å². The molecule has 0 bridgehead atoms. The molecule has 1 aromatic heterocycles. The minimum atomic E-state index is -5.26. The topological polar surface area (TPSA) is 93.7 Å². The van der Waals surface area contributed by atoms with E-state index in [2.05, 4.69) is 5.32 Å². The van der Waals surface area contributed by atoms with Crippen LogP contribution in [0.15, 0.2) is 0 Å². The first kappa shape index (κ1) is 26.0. The molecular weight excluding hydrogens is 449 g/mol. The number of rotatable bonds is 8. The van der Waals surface area contributed by atoms with Gasteiger partial charge in [-0.2, -0.15) is 13.2 Å². The largest absolute Gasteiger partial charge is 0.465 e. The Kier molecular flexibility index (Phi) is 8.55. The molecule has 0 unspecified atom stereocenters. The van der Waals surface area contributed by atoms with Crippen LogP contribution in [0.1, 0.15) is 67.3 Å². The second kappa shape index (κ2) is 10.5. The molecule has 0 aliphatic heterocycles. The van der Waals surface area contributed by atoms with Crippen LogP contribution < -0.4 is 10.6 Å². The second-order valence-electron chi connectivity index (χ2n) is 8.00. The molecule has 0 saturated carbocycles. The SMILES string of the molecule is CCOC(=O)[C@@](NC(=O)CC(C)C)(Nc1sc2c(c1C(=O)OC)CCCCC2)C(F)(F)F. The molecule has 1 atom stereocenters. The Morgan fingerprint density at radius 3 is 2.34 bits per heavy atom. The number of amides is 1. The van der Waals surface area contributed by atoms with Crippen LogP contribution in [0.2, 0.25) is 0 Å². The normalized spacial score (nSPS) is 15.9. The second-order valence-corrected chi connectivity index (χ2v) is 9.10. The maximum atomic E-state index is 14.4. The minimum Gasteiger partial charge on any atom is -0.465 e. The lowest BCUT2D eigenvalue weighted by atomic mass is 10.0. The number of carbonyl (C=O) groups is 3. The van der Waals surface area contributed by atoms with Gasteiger partial charge in [-0.3, -0.25) is 4.79 Å². The van der Waals surface area contributed by atoms with Crippen molar-refractivity contribution in [3.8, 4) is 0 Å². The Morgan fingerprint density at radius 1 is 1.12 bits per heavy atom. The molecule has 1 aromatic rings. The van der Waals surface area contributed by atoms with Crippen LogP contribution >= 0.6 is 11.3 Å². The van der Waals surface area contributed by atoms with Crippen molar-refractivity contribution >= 4 is 34.2 Å². The number of aryl methyl sites for hydroxylation is 1.